The molecule has 2 aromatic rings. The minimum absolute atomic E-state index is 0.0199. The molecular weight excluding hydrogens is 380 g/mol. The fourth-order valence-corrected chi connectivity index (χ4v) is 3.80. The average Bonchev–Trinajstić information content (AvgIpc) is 2.76. The number of carbonyl (C=O) groups excluding carboxylic acids is 1. The van der Waals surface area contributed by atoms with E-state index in [-0.39, 0.29) is 24.6 Å². The Kier molecular flexibility index (Phi) is 7.71. The zero-order chi connectivity index (χ0) is 21.3. The molecule has 1 aliphatic heterocycles. The summed E-state index contributed by atoms with van der Waals surface area (Å²) in [5.41, 5.74) is 1.87. The van der Waals surface area contributed by atoms with E-state index in [2.05, 4.69) is 19.0 Å². The molecule has 3 rings (SSSR count). The van der Waals surface area contributed by atoms with Gasteiger partial charge in [-0.25, -0.2) is 0 Å². The van der Waals surface area contributed by atoms with Crippen LogP contribution in [0.4, 0.5) is 0 Å². The van der Waals surface area contributed by atoms with Crippen LogP contribution in [-0.2, 0) is 16.2 Å². The first-order chi connectivity index (χ1) is 14.6. The molecule has 1 saturated heterocycles. The third-order valence-corrected chi connectivity index (χ3v) is 5.37. The van der Waals surface area contributed by atoms with E-state index in [9.17, 15) is 4.79 Å². The molecule has 0 bridgehead atoms. The van der Waals surface area contributed by atoms with E-state index in [1.165, 1.54) is 0 Å². The van der Waals surface area contributed by atoms with Crippen LogP contribution in [0.2, 0.25) is 0 Å². The Morgan fingerprint density at radius 2 is 1.83 bits per heavy atom. The smallest absolute Gasteiger partial charge is 0.263 e. The Labute approximate surface area is 178 Å². The van der Waals surface area contributed by atoms with E-state index < -0.39 is 0 Å². The molecule has 0 radical (unpaired) electrons. The molecule has 0 unspecified atom stereocenters. The van der Waals surface area contributed by atoms with E-state index in [1.54, 1.807) is 13.3 Å². The molecule has 0 saturated carbocycles. The van der Waals surface area contributed by atoms with E-state index in [1.807, 2.05) is 53.4 Å². The Morgan fingerprint density at radius 3 is 2.53 bits per heavy atom. The number of amides is 1. The highest BCUT2D eigenvalue weighted by atomic mass is 16.6. The van der Waals surface area contributed by atoms with Crippen LogP contribution in [0.5, 0.6) is 11.5 Å². The van der Waals surface area contributed by atoms with Crippen LogP contribution in [0.1, 0.15) is 44.2 Å². The maximum atomic E-state index is 12.5. The number of rotatable bonds is 8. The number of hydrogen-bond acceptors (Lipinski definition) is 5. The van der Waals surface area contributed by atoms with Gasteiger partial charge >= 0.3 is 0 Å². The van der Waals surface area contributed by atoms with Gasteiger partial charge < -0.3 is 19.2 Å². The number of ether oxygens (including phenoxy) is 2. The van der Waals surface area contributed by atoms with Crippen molar-refractivity contribution in [3.05, 3.63) is 59.7 Å². The number of piperidine rings is 1. The van der Waals surface area contributed by atoms with Gasteiger partial charge in [-0.3, -0.25) is 4.79 Å². The lowest BCUT2D eigenvalue weighted by atomic mass is 9.97. The fourth-order valence-electron chi connectivity index (χ4n) is 3.80. The molecule has 0 N–H and O–H groups in total. The Morgan fingerprint density at radius 1 is 1.10 bits per heavy atom. The molecule has 2 aromatic carbocycles. The van der Waals surface area contributed by atoms with Gasteiger partial charge in [0, 0.05) is 17.6 Å². The molecule has 1 heterocycles. The molecule has 1 amide bonds. The molecule has 30 heavy (non-hydrogen) atoms. The summed E-state index contributed by atoms with van der Waals surface area (Å²) in [6.07, 6.45) is 4.82. The van der Waals surface area contributed by atoms with E-state index >= 15 is 0 Å². The van der Waals surface area contributed by atoms with Gasteiger partial charge in [-0.1, -0.05) is 35.5 Å². The van der Waals surface area contributed by atoms with Gasteiger partial charge in [-0.15, -0.1) is 0 Å². The molecule has 160 valence electrons. The Bertz CT molecular complexity index is 844. The van der Waals surface area contributed by atoms with Crippen molar-refractivity contribution >= 4 is 12.1 Å². The van der Waals surface area contributed by atoms with Crippen LogP contribution in [0, 0.1) is 0 Å². The highest BCUT2D eigenvalue weighted by Crippen LogP contribution is 2.28. The van der Waals surface area contributed by atoms with Gasteiger partial charge in [0.25, 0.3) is 5.91 Å². The first kappa shape index (κ1) is 21.7. The summed E-state index contributed by atoms with van der Waals surface area (Å²) in [5, 5.41) is 3.97. The predicted molar refractivity (Wildman–Crippen MR) is 117 cm³/mol. The lowest BCUT2D eigenvalue weighted by Crippen LogP contribution is -2.48. The number of carbonyl (C=O) groups is 1. The summed E-state index contributed by atoms with van der Waals surface area (Å²) in [6, 6.07) is 16.0. The largest absolute Gasteiger partial charge is 0.493 e. The third-order valence-electron chi connectivity index (χ3n) is 5.37. The maximum absolute atomic E-state index is 12.5. The highest BCUT2D eigenvalue weighted by Gasteiger charge is 2.28. The number of likely N-dealkylation sites (tertiary alicyclic amines) is 1. The second-order valence-corrected chi connectivity index (χ2v) is 7.62. The molecule has 6 heteroatoms. The highest BCUT2D eigenvalue weighted by molar-refractivity contribution is 5.81. The fraction of sp³-hybridized carbons (Fsp3) is 0.417. The SMILES string of the molecule is COc1ccc(/C=N\OCC(=O)N2[C@H](C)CCC[C@H]2C)cc1OCc1ccccc1. The lowest BCUT2D eigenvalue weighted by Gasteiger charge is -2.38. The summed E-state index contributed by atoms with van der Waals surface area (Å²) in [7, 11) is 1.61. The van der Waals surface area contributed by atoms with Crippen LogP contribution in [0.15, 0.2) is 53.7 Å². The summed E-state index contributed by atoms with van der Waals surface area (Å²) in [5.74, 6) is 1.25. The molecule has 1 fully saturated rings. The second kappa shape index (κ2) is 10.7. The van der Waals surface area contributed by atoms with Crippen molar-refractivity contribution in [2.24, 2.45) is 5.16 Å². The number of methoxy groups -OCH3 is 1. The second-order valence-electron chi connectivity index (χ2n) is 7.62. The van der Waals surface area contributed by atoms with Gasteiger partial charge in [-0.05, 0) is 56.9 Å². The Balaban J connectivity index is 1.56. The van der Waals surface area contributed by atoms with Crippen molar-refractivity contribution in [2.45, 2.75) is 51.8 Å². The van der Waals surface area contributed by atoms with Gasteiger partial charge in [0.1, 0.15) is 6.61 Å². The molecule has 1 aliphatic rings. The summed E-state index contributed by atoms with van der Waals surface area (Å²) < 4.78 is 11.3. The van der Waals surface area contributed by atoms with Gasteiger partial charge in [-0.2, -0.15) is 0 Å². The van der Waals surface area contributed by atoms with Crippen LogP contribution in [0.3, 0.4) is 0 Å². The van der Waals surface area contributed by atoms with Crippen molar-refractivity contribution in [1.29, 1.82) is 0 Å². The van der Waals surface area contributed by atoms with Crippen LogP contribution < -0.4 is 9.47 Å². The van der Waals surface area contributed by atoms with Crippen molar-refractivity contribution in [1.82, 2.24) is 4.90 Å². The summed E-state index contributed by atoms with van der Waals surface area (Å²) in [4.78, 5) is 19.7. The van der Waals surface area contributed by atoms with Crippen molar-refractivity contribution in [3.8, 4) is 11.5 Å². The minimum Gasteiger partial charge on any atom is -0.493 e. The standard InChI is InChI=1S/C24H30N2O4/c1-18-8-7-9-19(2)26(18)24(27)17-30-25-15-21-12-13-22(28-3)23(14-21)29-16-20-10-5-4-6-11-20/h4-6,10-15,18-19H,7-9,16-17H2,1-3H3/b25-15-/t18-,19-/m1/s1. The van der Waals surface area contributed by atoms with Gasteiger partial charge in [0.05, 0.1) is 13.3 Å². The van der Waals surface area contributed by atoms with Gasteiger partial charge in [0.2, 0.25) is 0 Å². The van der Waals surface area contributed by atoms with Crippen LogP contribution in [0.25, 0.3) is 0 Å². The molecule has 2 atom stereocenters. The normalized spacial score (nSPS) is 19.0. The monoisotopic (exact) mass is 410 g/mol. The number of nitrogens with zero attached hydrogens (tertiary/aromatic N) is 2. The molecule has 0 aromatic heterocycles. The lowest BCUT2D eigenvalue weighted by molar-refractivity contribution is -0.142. The van der Waals surface area contributed by atoms with Crippen molar-refractivity contribution in [2.75, 3.05) is 13.7 Å². The van der Waals surface area contributed by atoms with E-state index in [4.69, 9.17) is 14.3 Å². The predicted octanol–water partition coefficient (Wildman–Crippen LogP) is 4.41. The average molecular weight is 411 g/mol. The van der Waals surface area contributed by atoms with Gasteiger partial charge in [0.15, 0.2) is 18.1 Å². The minimum atomic E-state index is -0.0568. The summed E-state index contributed by atoms with van der Waals surface area (Å²) in [6.45, 7) is 4.56. The first-order valence-corrected chi connectivity index (χ1v) is 10.4. The quantitative estimate of drug-likeness (QED) is 0.478. The van der Waals surface area contributed by atoms with Crippen molar-refractivity contribution < 1.29 is 19.1 Å². The topological polar surface area (TPSA) is 60.4 Å². The zero-order valence-corrected chi connectivity index (χ0v) is 17.9. The van der Waals surface area contributed by atoms with Crippen LogP contribution in [-0.4, -0.2) is 42.8 Å². The Hall–Kier alpha value is -3.02. The molecule has 6 nitrogen and oxygen atoms in total. The van der Waals surface area contributed by atoms with Crippen LogP contribution >= 0.6 is 0 Å². The number of oxime groups is 1. The molecular formula is C24H30N2O4. The van der Waals surface area contributed by atoms with Crippen molar-refractivity contribution in [3.63, 3.8) is 0 Å². The molecule has 0 aliphatic carbocycles. The first-order valence-electron chi connectivity index (χ1n) is 10.4. The number of benzene rings is 2. The van der Waals surface area contributed by atoms with E-state index in [0.29, 0.717) is 18.1 Å². The number of hydrogen-bond donors (Lipinski definition) is 0. The third kappa shape index (κ3) is 5.75. The van der Waals surface area contributed by atoms with E-state index in [0.717, 1.165) is 30.4 Å². The zero-order valence-electron chi connectivity index (χ0n) is 17.9. The maximum Gasteiger partial charge on any atom is 0.263 e. The molecule has 0 spiro atoms. The summed E-state index contributed by atoms with van der Waals surface area (Å²) >= 11 is 0.